The summed E-state index contributed by atoms with van der Waals surface area (Å²) in [6, 6.07) is 4.92. The first kappa shape index (κ1) is 14.0. The third kappa shape index (κ3) is 4.42. The second kappa shape index (κ2) is 7.29. The summed E-state index contributed by atoms with van der Waals surface area (Å²) in [6.07, 6.45) is 3.27. The summed E-state index contributed by atoms with van der Waals surface area (Å²) in [5.41, 5.74) is 3.44. The lowest BCUT2D eigenvalue weighted by Gasteiger charge is -2.04. The molecule has 0 unspecified atom stereocenters. The van der Waals surface area contributed by atoms with Crippen molar-refractivity contribution in [3.63, 3.8) is 0 Å². The zero-order chi connectivity index (χ0) is 13.4. The molecule has 18 heavy (non-hydrogen) atoms. The first-order valence-electron chi connectivity index (χ1n) is 5.22. The Kier molecular flexibility index (Phi) is 5.66. The predicted molar refractivity (Wildman–Crippen MR) is 76.2 cm³/mol. The van der Waals surface area contributed by atoms with Crippen LogP contribution in [0.4, 0.5) is 0 Å². The Morgan fingerprint density at radius 3 is 3.06 bits per heavy atom. The van der Waals surface area contributed by atoms with Crippen molar-refractivity contribution >= 4 is 23.5 Å². The molecule has 0 spiro atoms. The summed E-state index contributed by atoms with van der Waals surface area (Å²) in [5, 5.41) is 16.7. The molecule has 6 heteroatoms. The average molecular weight is 265 g/mol. The Bertz CT molecular complexity index is 461. The van der Waals surface area contributed by atoms with Crippen molar-refractivity contribution in [3.05, 3.63) is 36.4 Å². The van der Waals surface area contributed by atoms with Gasteiger partial charge in [-0.2, -0.15) is 5.10 Å². The number of nitrogens with one attached hydrogen (secondary N) is 2. The Morgan fingerprint density at radius 2 is 2.39 bits per heavy atom. The van der Waals surface area contributed by atoms with Crippen molar-refractivity contribution in [3.8, 4) is 11.5 Å². The second-order valence-electron chi connectivity index (χ2n) is 3.30. The van der Waals surface area contributed by atoms with Crippen molar-refractivity contribution < 1.29 is 9.84 Å². The number of nitrogens with zero attached hydrogens (tertiary/aromatic N) is 1. The van der Waals surface area contributed by atoms with Crippen molar-refractivity contribution in [1.82, 2.24) is 10.7 Å². The zero-order valence-corrected chi connectivity index (χ0v) is 10.8. The Hall–Kier alpha value is -2.08. The van der Waals surface area contributed by atoms with Crippen LogP contribution in [0.25, 0.3) is 0 Å². The van der Waals surface area contributed by atoms with Gasteiger partial charge in [0.15, 0.2) is 16.6 Å². The van der Waals surface area contributed by atoms with E-state index in [0.29, 0.717) is 17.4 Å². The molecule has 96 valence electrons. The molecule has 3 N–H and O–H groups in total. The van der Waals surface area contributed by atoms with Crippen LogP contribution in [-0.4, -0.2) is 30.1 Å². The van der Waals surface area contributed by atoms with E-state index in [9.17, 15) is 5.11 Å². The van der Waals surface area contributed by atoms with Crippen molar-refractivity contribution in [2.24, 2.45) is 5.10 Å². The molecule has 1 aromatic rings. The van der Waals surface area contributed by atoms with Crippen LogP contribution in [0.1, 0.15) is 5.56 Å². The number of phenolic OH excluding ortho intramolecular Hbond substituents is 1. The lowest BCUT2D eigenvalue weighted by molar-refractivity contribution is 0.373. The van der Waals surface area contributed by atoms with Gasteiger partial charge < -0.3 is 15.2 Å². The van der Waals surface area contributed by atoms with E-state index in [1.165, 1.54) is 13.2 Å². The van der Waals surface area contributed by atoms with Gasteiger partial charge in [0.2, 0.25) is 0 Å². The molecule has 0 amide bonds. The van der Waals surface area contributed by atoms with Gasteiger partial charge in [0.25, 0.3) is 0 Å². The zero-order valence-electron chi connectivity index (χ0n) is 10.0. The highest BCUT2D eigenvalue weighted by Crippen LogP contribution is 2.25. The lowest BCUT2D eigenvalue weighted by Crippen LogP contribution is -2.31. The topological polar surface area (TPSA) is 65.9 Å². The summed E-state index contributed by atoms with van der Waals surface area (Å²) in [5.74, 6) is 0.483. The van der Waals surface area contributed by atoms with Crippen LogP contribution in [0.3, 0.4) is 0 Å². The van der Waals surface area contributed by atoms with Crippen molar-refractivity contribution in [2.75, 3.05) is 13.7 Å². The normalized spacial score (nSPS) is 10.1. The average Bonchev–Trinajstić information content (AvgIpc) is 2.38. The summed E-state index contributed by atoms with van der Waals surface area (Å²) in [6.45, 7) is 4.14. The fraction of sp³-hybridized carbons (Fsp3) is 0.167. The maximum absolute atomic E-state index is 9.42. The van der Waals surface area contributed by atoms with Gasteiger partial charge >= 0.3 is 0 Å². The first-order chi connectivity index (χ1) is 8.67. The van der Waals surface area contributed by atoms with E-state index in [1.807, 2.05) is 0 Å². The highest BCUT2D eigenvalue weighted by atomic mass is 32.1. The molecule has 0 bridgehead atoms. The number of phenols is 1. The molecule has 0 saturated heterocycles. The van der Waals surface area contributed by atoms with E-state index < -0.39 is 0 Å². The Labute approximate surface area is 111 Å². The SMILES string of the molecule is C=CCNC(=S)NN=Cc1ccc(O)c(OC)c1. The van der Waals surface area contributed by atoms with Crippen LogP contribution in [0, 0.1) is 0 Å². The van der Waals surface area contributed by atoms with Gasteiger partial charge in [-0.15, -0.1) is 6.58 Å². The summed E-state index contributed by atoms with van der Waals surface area (Å²) >= 11 is 4.96. The van der Waals surface area contributed by atoms with E-state index in [4.69, 9.17) is 17.0 Å². The number of thiocarbonyl (C=S) groups is 1. The van der Waals surface area contributed by atoms with E-state index >= 15 is 0 Å². The number of hydrogen-bond donors (Lipinski definition) is 3. The minimum atomic E-state index is 0.0887. The number of methoxy groups -OCH3 is 1. The van der Waals surface area contributed by atoms with E-state index in [1.54, 1.807) is 24.4 Å². The van der Waals surface area contributed by atoms with Gasteiger partial charge in [-0.1, -0.05) is 6.08 Å². The first-order valence-corrected chi connectivity index (χ1v) is 5.63. The molecule has 5 nitrogen and oxygen atoms in total. The molecule has 0 fully saturated rings. The van der Waals surface area contributed by atoms with Crippen LogP contribution < -0.4 is 15.5 Å². The summed E-state index contributed by atoms with van der Waals surface area (Å²) in [4.78, 5) is 0. The number of aromatic hydroxyl groups is 1. The van der Waals surface area contributed by atoms with E-state index in [0.717, 1.165) is 5.56 Å². The molecule has 1 aromatic carbocycles. The molecule has 0 aliphatic heterocycles. The monoisotopic (exact) mass is 265 g/mol. The van der Waals surface area contributed by atoms with Crippen LogP contribution in [0.15, 0.2) is 36.0 Å². The van der Waals surface area contributed by atoms with Gasteiger partial charge in [-0.3, -0.25) is 5.43 Å². The molecule has 0 radical (unpaired) electrons. The number of ether oxygens (including phenoxy) is 1. The number of benzene rings is 1. The lowest BCUT2D eigenvalue weighted by atomic mass is 10.2. The van der Waals surface area contributed by atoms with Gasteiger partial charge in [-0.25, -0.2) is 0 Å². The number of rotatable bonds is 5. The largest absolute Gasteiger partial charge is 0.504 e. The minimum absolute atomic E-state index is 0.0887. The van der Waals surface area contributed by atoms with E-state index in [2.05, 4.69) is 22.4 Å². The maximum atomic E-state index is 9.42. The quantitative estimate of drug-likeness (QED) is 0.325. The van der Waals surface area contributed by atoms with Crippen molar-refractivity contribution in [2.45, 2.75) is 0 Å². The minimum Gasteiger partial charge on any atom is -0.504 e. The third-order valence-electron chi connectivity index (χ3n) is 1.99. The van der Waals surface area contributed by atoms with Gasteiger partial charge in [0.05, 0.1) is 13.3 Å². The molecule has 0 aliphatic carbocycles. The highest BCUT2D eigenvalue weighted by Gasteiger charge is 2.00. The van der Waals surface area contributed by atoms with Crippen LogP contribution in [0.5, 0.6) is 11.5 Å². The molecule has 0 aliphatic rings. The molecule has 0 atom stereocenters. The molecule has 1 rings (SSSR count). The summed E-state index contributed by atoms with van der Waals surface area (Å²) in [7, 11) is 1.49. The van der Waals surface area contributed by atoms with Crippen molar-refractivity contribution in [1.29, 1.82) is 0 Å². The molecule has 0 aromatic heterocycles. The molecular formula is C12H15N3O2S. The Morgan fingerprint density at radius 1 is 1.61 bits per heavy atom. The summed E-state index contributed by atoms with van der Waals surface area (Å²) < 4.78 is 4.98. The highest BCUT2D eigenvalue weighted by molar-refractivity contribution is 7.80. The Balaban J connectivity index is 2.56. The van der Waals surface area contributed by atoms with Crippen LogP contribution >= 0.6 is 12.2 Å². The number of hydrogen-bond acceptors (Lipinski definition) is 4. The van der Waals surface area contributed by atoms with Gasteiger partial charge in [-0.05, 0) is 36.0 Å². The number of hydrazone groups is 1. The van der Waals surface area contributed by atoms with Crippen LogP contribution in [0.2, 0.25) is 0 Å². The fourth-order valence-electron chi connectivity index (χ4n) is 1.14. The predicted octanol–water partition coefficient (Wildman–Crippen LogP) is 1.38. The van der Waals surface area contributed by atoms with Gasteiger partial charge in [0, 0.05) is 6.54 Å². The molecule has 0 saturated carbocycles. The smallest absolute Gasteiger partial charge is 0.187 e. The third-order valence-corrected chi connectivity index (χ3v) is 2.23. The second-order valence-corrected chi connectivity index (χ2v) is 3.71. The standard InChI is InChI=1S/C12H15N3O2S/c1-3-6-13-12(18)15-14-8-9-4-5-10(16)11(7-9)17-2/h3-5,7-8,16H,1,6H2,2H3,(H2,13,15,18). The molecular weight excluding hydrogens is 250 g/mol. The van der Waals surface area contributed by atoms with E-state index in [-0.39, 0.29) is 5.75 Å². The fourth-order valence-corrected chi connectivity index (χ4v) is 1.28. The van der Waals surface area contributed by atoms with Crippen LogP contribution in [-0.2, 0) is 0 Å². The molecule has 0 heterocycles. The maximum Gasteiger partial charge on any atom is 0.187 e. The van der Waals surface area contributed by atoms with Gasteiger partial charge in [0.1, 0.15) is 0 Å².